The molecule has 126 valence electrons. The van der Waals surface area contributed by atoms with Crippen molar-refractivity contribution in [3.63, 3.8) is 0 Å². The Hall–Kier alpha value is -2.27. The van der Waals surface area contributed by atoms with Gasteiger partial charge in [-0.05, 0) is 37.5 Å². The van der Waals surface area contributed by atoms with Crippen LogP contribution >= 0.6 is 0 Å². The van der Waals surface area contributed by atoms with Crippen molar-refractivity contribution in [1.29, 1.82) is 0 Å². The summed E-state index contributed by atoms with van der Waals surface area (Å²) in [6.45, 7) is 3.86. The topological polar surface area (TPSA) is 29.5 Å². The van der Waals surface area contributed by atoms with Crippen molar-refractivity contribution in [2.24, 2.45) is 0 Å². The van der Waals surface area contributed by atoms with Gasteiger partial charge in [0.15, 0.2) is 11.6 Å². The monoisotopic (exact) mass is 331 g/mol. The minimum atomic E-state index is -0.946. The van der Waals surface area contributed by atoms with E-state index in [2.05, 4.69) is 0 Å². The molecule has 1 unspecified atom stereocenters. The van der Waals surface area contributed by atoms with Gasteiger partial charge in [-0.25, -0.2) is 8.78 Å². The van der Waals surface area contributed by atoms with E-state index in [4.69, 9.17) is 4.74 Å². The lowest BCUT2D eigenvalue weighted by atomic mass is 10.1. The van der Waals surface area contributed by atoms with Gasteiger partial charge in [0.05, 0.1) is 12.3 Å². The van der Waals surface area contributed by atoms with E-state index in [9.17, 15) is 13.6 Å². The van der Waals surface area contributed by atoms with Gasteiger partial charge in [-0.3, -0.25) is 4.79 Å². The Balaban J connectivity index is 1.74. The highest BCUT2D eigenvalue weighted by Crippen LogP contribution is 2.34. The third-order valence-electron chi connectivity index (χ3n) is 4.27. The van der Waals surface area contributed by atoms with E-state index < -0.39 is 17.7 Å². The maximum absolute atomic E-state index is 13.6. The molecule has 1 aliphatic heterocycles. The van der Waals surface area contributed by atoms with Gasteiger partial charge < -0.3 is 9.64 Å². The second kappa shape index (κ2) is 6.69. The number of fused-ring (bicyclic) bond motifs is 1. The van der Waals surface area contributed by atoms with E-state index >= 15 is 0 Å². The summed E-state index contributed by atoms with van der Waals surface area (Å²) in [5.74, 6) is -2.08. The fourth-order valence-electron chi connectivity index (χ4n) is 3.01. The maximum atomic E-state index is 13.6. The lowest BCUT2D eigenvalue weighted by molar-refractivity contribution is -0.130. The predicted octanol–water partition coefficient (Wildman–Crippen LogP) is 3.85. The van der Waals surface area contributed by atoms with Crippen molar-refractivity contribution < 1.29 is 18.3 Å². The zero-order valence-electron chi connectivity index (χ0n) is 13.6. The lowest BCUT2D eigenvalue weighted by Crippen LogP contribution is -2.42. The molecular weight excluding hydrogens is 312 g/mol. The Bertz CT molecular complexity index is 749. The zero-order chi connectivity index (χ0) is 17.3. The molecule has 0 aromatic heterocycles. The fraction of sp³-hybridized carbons (Fsp3) is 0.316. The minimum absolute atomic E-state index is 0.156. The number of benzene rings is 2. The molecule has 2 aromatic carbocycles. The van der Waals surface area contributed by atoms with Crippen LogP contribution in [0.25, 0.3) is 0 Å². The number of anilines is 1. The van der Waals surface area contributed by atoms with Gasteiger partial charge in [-0.1, -0.05) is 30.3 Å². The van der Waals surface area contributed by atoms with E-state index in [0.717, 1.165) is 11.6 Å². The van der Waals surface area contributed by atoms with Crippen molar-refractivity contribution in [2.75, 3.05) is 4.90 Å². The van der Waals surface area contributed by atoms with E-state index in [0.29, 0.717) is 24.3 Å². The minimum Gasteiger partial charge on any atom is -0.364 e. The van der Waals surface area contributed by atoms with Gasteiger partial charge >= 0.3 is 0 Å². The molecule has 3 rings (SSSR count). The van der Waals surface area contributed by atoms with E-state index in [1.165, 1.54) is 11.0 Å². The number of hydrogen-bond acceptors (Lipinski definition) is 2. The standard InChI is InChI=1S/C19H19F2NO2/c1-12-8-15-9-16(20)17(21)10-18(15)22(12)19(23)13(2)24-11-14-6-4-3-5-7-14/h3-7,9-10,12-13H,8,11H2,1-2H3/t12?,13-/m1/s1. The largest absolute Gasteiger partial charge is 0.364 e. The molecule has 0 saturated carbocycles. The molecule has 1 aliphatic rings. The van der Waals surface area contributed by atoms with Crippen LogP contribution in [0.15, 0.2) is 42.5 Å². The van der Waals surface area contributed by atoms with Crippen LogP contribution in [-0.4, -0.2) is 18.1 Å². The zero-order valence-corrected chi connectivity index (χ0v) is 13.6. The molecule has 0 aliphatic carbocycles. The Morgan fingerprint density at radius 3 is 2.62 bits per heavy atom. The second-order valence-electron chi connectivity index (χ2n) is 6.10. The molecule has 1 heterocycles. The van der Waals surface area contributed by atoms with Gasteiger partial charge in [0.1, 0.15) is 6.10 Å². The van der Waals surface area contributed by atoms with Crippen molar-refractivity contribution >= 4 is 11.6 Å². The van der Waals surface area contributed by atoms with Gasteiger partial charge in [0, 0.05) is 12.1 Å². The summed E-state index contributed by atoms with van der Waals surface area (Å²) >= 11 is 0. The first kappa shape index (κ1) is 16.6. The smallest absolute Gasteiger partial charge is 0.256 e. The average molecular weight is 331 g/mol. The number of rotatable bonds is 4. The first-order valence-electron chi connectivity index (χ1n) is 7.94. The van der Waals surface area contributed by atoms with Crippen molar-refractivity contribution in [3.05, 3.63) is 65.2 Å². The molecule has 0 saturated heterocycles. The summed E-state index contributed by atoms with van der Waals surface area (Å²) in [7, 11) is 0. The Kier molecular flexibility index (Phi) is 4.62. The first-order valence-corrected chi connectivity index (χ1v) is 7.94. The normalized spacial score (nSPS) is 17.7. The summed E-state index contributed by atoms with van der Waals surface area (Å²) < 4.78 is 32.6. The molecule has 0 radical (unpaired) electrons. The van der Waals surface area contributed by atoms with Crippen LogP contribution in [-0.2, 0) is 22.6 Å². The summed E-state index contributed by atoms with van der Waals surface area (Å²) in [6, 6.07) is 11.7. The molecule has 0 fully saturated rings. The quantitative estimate of drug-likeness (QED) is 0.852. The maximum Gasteiger partial charge on any atom is 0.256 e. The predicted molar refractivity (Wildman–Crippen MR) is 87.7 cm³/mol. The SMILES string of the molecule is CC1Cc2cc(F)c(F)cc2N1C(=O)[C@@H](C)OCc1ccccc1. The van der Waals surface area contributed by atoms with Gasteiger partial charge in [0.25, 0.3) is 5.91 Å². The van der Waals surface area contributed by atoms with Crippen LogP contribution in [0, 0.1) is 11.6 Å². The van der Waals surface area contributed by atoms with Gasteiger partial charge in [-0.2, -0.15) is 0 Å². The molecule has 0 bridgehead atoms. The third-order valence-corrected chi connectivity index (χ3v) is 4.27. The highest BCUT2D eigenvalue weighted by molar-refractivity contribution is 5.98. The number of carbonyl (C=O) groups excluding carboxylic acids is 1. The summed E-state index contributed by atoms with van der Waals surface area (Å²) in [5.41, 5.74) is 2.05. The number of halogens is 2. The summed E-state index contributed by atoms with van der Waals surface area (Å²) in [5, 5.41) is 0. The molecule has 2 atom stereocenters. The van der Waals surface area contributed by atoms with Crippen molar-refractivity contribution in [2.45, 2.75) is 39.0 Å². The van der Waals surface area contributed by atoms with Crippen LogP contribution in [0.4, 0.5) is 14.5 Å². The molecule has 5 heteroatoms. The number of hydrogen-bond donors (Lipinski definition) is 0. The number of amides is 1. The van der Waals surface area contributed by atoms with Gasteiger partial charge in [-0.15, -0.1) is 0 Å². The highest BCUT2D eigenvalue weighted by Gasteiger charge is 2.34. The molecule has 0 N–H and O–H groups in total. The van der Waals surface area contributed by atoms with Gasteiger partial charge in [0.2, 0.25) is 0 Å². The van der Waals surface area contributed by atoms with Crippen LogP contribution in [0.5, 0.6) is 0 Å². The first-order chi connectivity index (χ1) is 11.5. The van der Waals surface area contributed by atoms with Crippen molar-refractivity contribution in [3.8, 4) is 0 Å². The third kappa shape index (κ3) is 3.17. The Morgan fingerprint density at radius 2 is 1.92 bits per heavy atom. The Morgan fingerprint density at radius 1 is 1.25 bits per heavy atom. The van der Waals surface area contributed by atoms with Crippen LogP contribution in [0.1, 0.15) is 25.0 Å². The molecule has 1 amide bonds. The second-order valence-corrected chi connectivity index (χ2v) is 6.10. The molecule has 0 spiro atoms. The summed E-state index contributed by atoms with van der Waals surface area (Å²) in [4.78, 5) is 14.2. The van der Waals surface area contributed by atoms with Crippen LogP contribution in [0.2, 0.25) is 0 Å². The number of carbonyl (C=O) groups is 1. The lowest BCUT2D eigenvalue weighted by Gasteiger charge is -2.26. The molecule has 3 nitrogen and oxygen atoms in total. The van der Waals surface area contributed by atoms with Crippen LogP contribution < -0.4 is 4.90 Å². The van der Waals surface area contributed by atoms with E-state index in [-0.39, 0.29) is 11.9 Å². The number of ether oxygens (including phenoxy) is 1. The Labute approximate surface area is 139 Å². The van der Waals surface area contributed by atoms with Crippen molar-refractivity contribution in [1.82, 2.24) is 0 Å². The molecular formula is C19H19F2NO2. The molecule has 2 aromatic rings. The summed E-state index contributed by atoms with van der Waals surface area (Å²) in [6.07, 6.45) is -0.171. The van der Waals surface area contributed by atoms with Crippen LogP contribution in [0.3, 0.4) is 0 Å². The van der Waals surface area contributed by atoms with E-state index in [1.807, 2.05) is 37.3 Å². The number of nitrogens with zero attached hydrogens (tertiary/aromatic N) is 1. The highest BCUT2D eigenvalue weighted by atomic mass is 19.2. The van der Waals surface area contributed by atoms with E-state index in [1.54, 1.807) is 6.92 Å². The molecule has 24 heavy (non-hydrogen) atoms. The average Bonchev–Trinajstić information content (AvgIpc) is 2.88. The fourth-order valence-corrected chi connectivity index (χ4v) is 3.01.